The fourth-order valence-electron chi connectivity index (χ4n) is 2.65. The summed E-state index contributed by atoms with van der Waals surface area (Å²) in [4.78, 5) is 3.84. The predicted octanol–water partition coefficient (Wildman–Crippen LogP) is 1.76. The van der Waals surface area contributed by atoms with Crippen LogP contribution in [0, 0.1) is 0 Å². The normalized spacial score (nSPS) is 14.5. The average Bonchev–Trinajstić information content (AvgIpc) is 2.97. The van der Waals surface area contributed by atoms with Gasteiger partial charge in [0, 0.05) is 31.1 Å². The molecule has 0 unspecified atom stereocenters. The molecule has 1 fully saturated rings. The molecule has 22 heavy (non-hydrogen) atoms. The van der Waals surface area contributed by atoms with Gasteiger partial charge in [0.15, 0.2) is 5.11 Å². The van der Waals surface area contributed by atoms with Crippen LogP contribution < -0.4 is 20.4 Å². The van der Waals surface area contributed by atoms with E-state index in [1.165, 1.54) is 23.4 Å². The van der Waals surface area contributed by atoms with Crippen molar-refractivity contribution >= 4 is 40.3 Å². The van der Waals surface area contributed by atoms with E-state index in [1.807, 2.05) is 12.1 Å². The van der Waals surface area contributed by atoms with Gasteiger partial charge in [-0.1, -0.05) is 11.6 Å². The molecule has 4 nitrogen and oxygen atoms in total. The Bertz CT molecular complexity index is 501. The molecule has 1 saturated heterocycles. The van der Waals surface area contributed by atoms with E-state index in [4.69, 9.17) is 23.8 Å². The molecule has 1 aromatic carbocycles. The van der Waals surface area contributed by atoms with Crippen LogP contribution in [0.1, 0.15) is 19.3 Å². The summed E-state index contributed by atoms with van der Waals surface area (Å²) in [6.45, 7) is 4.21. The van der Waals surface area contributed by atoms with E-state index in [0.29, 0.717) is 5.11 Å². The van der Waals surface area contributed by atoms with Gasteiger partial charge < -0.3 is 20.4 Å². The molecule has 2 rings (SSSR count). The van der Waals surface area contributed by atoms with Gasteiger partial charge in [-0.3, -0.25) is 0 Å². The van der Waals surface area contributed by atoms with Crippen molar-refractivity contribution in [2.24, 2.45) is 0 Å². The molecule has 1 aliphatic heterocycles. The fourth-order valence-corrected chi connectivity index (χ4v) is 3.04. The highest BCUT2D eigenvalue weighted by molar-refractivity contribution is 7.80. The van der Waals surface area contributed by atoms with Crippen molar-refractivity contribution < 1.29 is 4.90 Å². The SMILES string of the molecule is C[NH+](C)CCCNC(=S)Nc1cc(Cl)ccc1N1CCCC1. The number of halogens is 1. The summed E-state index contributed by atoms with van der Waals surface area (Å²) in [6, 6.07) is 5.97. The van der Waals surface area contributed by atoms with Crippen molar-refractivity contribution in [2.75, 3.05) is 50.5 Å². The zero-order chi connectivity index (χ0) is 15.9. The minimum atomic E-state index is 0.663. The first-order chi connectivity index (χ1) is 10.6. The predicted molar refractivity (Wildman–Crippen MR) is 99.4 cm³/mol. The highest BCUT2D eigenvalue weighted by Gasteiger charge is 2.16. The second kappa shape index (κ2) is 8.56. The lowest BCUT2D eigenvalue weighted by Crippen LogP contribution is -3.05. The Balaban J connectivity index is 1.93. The van der Waals surface area contributed by atoms with Crippen LogP contribution in [-0.4, -0.2) is 45.4 Å². The lowest BCUT2D eigenvalue weighted by Gasteiger charge is -2.22. The van der Waals surface area contributed by atoms with Crippen LogP contribution in [0.15, 0.2) is 18.2 Å². The highest BCUT2D eigenvalue weighted by atomic mass is 35.5. The molecule has 0 radical (unpaired) electrons. The van der Waals surface area contributed by atoms with Gasteiger partial charge in [-0.05, 0) is 43.3 Å². The molecule has 1 heterocycles. The molecular formula is C16H26ClN4S+. The molecule has 0 saturated carbocycles. The van der Waals surface area contributed by atoms with Crippen LogP contribution in [0.25, 0.3) is 0 Å². The minimum absolute atomic E-state index is 0.663. The first-order valence-electron chi connectivity index (χ1n) is 7.94. The molecule has 0 amide bonds. The third-order valence-corrected chi connectivity index (χ3v) is 4.27. The molecule has 0 aromatic heterocycles. The first-order valence-corrected chi connectivity index (χ1v) is 8.73. The van der Waals surface area contributed by atoms with Crippen LogP contribution in [0.4, 0.5) is 11.4 Å². The van der Waals surface area contributed by atoms with Gasteiger partial charge in [0.25, 0.3) is 0 Å². The molecule has 0 aliphatic carbocycles. The molecular weight excluding hydrogens is 316 g/mol. The van der Waals surface area contributed by atoms with Gasteiger partial charge in [-0.25, -0.2) is 0 Å². The number of quaternary nitrogens is 1. The van der Waals surface area contributed by atoms with Gasteiger partial charge in [-0.15, -0.1) is 0 Å². The number of rotatable bonds is 6. The lowest BCUT2D eigenvalue weighted by molar-refractivity contribution is -0.858. The fraction of sp³-hybridized carbons (Fsp3) is 0.562. The van der Waals surface area contributed by atoms with E-state index in [9.17, 15) is 0 Å². The number of hydrogen-bond acceptors (Lipinski definition) is 2. The van der Waals surface area contributed by atoms with Crippen molar-refractivity contribution in [1.29, 1.82) is 0 Å². The van der Waals surface area contributed by atoms with Crippen molar-refractivity contribution in [2.45, 2.75) is 19.3 Å². The topological polar surface area (TPSA) is 31.7 Å². The molecule has 3 N–H and O–H groups in total. The van der Waals surface area contributed by atoms with Crippen LogP contribution in [0.5, 0.6) is 0 Å². The number of benzene rings is 1. The number of thiocarbonyl (C=S) groups is 1. The Hall–Kier alpha value is -1.04. The largest absolute Gasteiger partial charge is 0.370 e. The number of anilines is 2. The maximum Gasteiger partial charge on any atom is 0.170 e. The van der Waals surface area contributed by atoms with Crippen molar-refractivity contribution in [3.05, 3.63) is 23.2 Å². The summed E-state index contributed by atoms with van der Waals surface area (Å²) in [6.07, 6.45) is 3.59. The minimum Gasteiger partial charge on any atom is -0.370 e. The van der Waals surface area contributed by atoms with Gasteiger partial charge in [-0.2, -0.15) is 0 Å². The summed E-state index contributed by atoms with van der Waals surface area (Å²) in [5, 5.41) is 7.96. The van der Waals surface area contributed by atoms with Gasteiger partial charge in [0.2, 0.25) is 0 Å². The highest BCUT2D eigenvalue weighted by Crippen LogP contribution is 2.31. The van der Waals surface area contributed by atoms with Crippen molar-refractivity contribution in [3.63, 3.8) is 0 Å². The zero-order valence-electron chi connectivity index (χ0n) is 13.4. The first kappa shape index (κ1) is 17.3. The molecule has 1 aromatic rings. The second-order valence-electron chi connectivity index (χ2n) is 6.05. The summed E-state index contributed by atoms with van der Waals surface area (Å²) in [5.74, 6) is 0. The van der Waals surface area contributed by atoms with E-state index in [-0.39, 0.29) is 0 Å². The summed E-state index contributed by atoms with van der Waals surface area (Å²) in [5.41, 5.74) is 2.17. The van der Waals surface area contributed by atoms with E-state index >= 15 is 0 Å². The number of nitrogens with zero attached hydrogens (tertiary/aromatic N) is 1. The molecule has 6 heteroatoms. The Labute approximate surface area is 143 Å². The summed E-state index contributed by atoms with van der Waals surface area (Å²) < 4.78 is 0. The standard InChI is InChI=1S/C16H25ClN4S/c1-20(2)9-5-8-18-16(22)19-14-12-13(17)6-7-15(14)21-10-3-4-11-21/h6-7,12H,3-5,8-11H2,1-2H3,(H2,18,19,22)/p+1. The van der Waals surface area contributed by atoms with Gasteiger partial charge >= 0.3 is 0 Å². The zero-order valence-corrected chi connectivity index (χ0v) is 15.0. The van der Waals surface area contributed by atoms with Crippen LogP contribution in [0.2, 0.25) is 5.02 Å². The monoisotopic (exact) mass is 341 g/mol. The number of nitrogens with one attached hydrogen (secondary N) is 3. The van der Waals surface area contributed by atoms with Gasteiger partial charge in [0.05, 0.1) is 32.0 Å². The average molecular weight is 342 g/mol. The molecule has 0 spiro atoms. The number of hydrogen-bond donors (Lipinski definition) is 3. The molecule has 1 aliphatic rings. The Morgan fingerprint density at radius 3 is 2.73 bits per heavy atom. The smallest absolute Gasteiger partial charge is 0.170 e. The van der Waals surface area contributed by atoms with E-state index in [1.54, 1.807) is 0 Å². The van der Waals surface area contributed by atoms with E-state index < -0.39 is 0 Å². The molecule has 0 atom stereocenters. The Kier molecular flexibility index (Phi) is 6.73. The maximum absolute atomic E-state index is 6.14. The lowest BCUT2D eigenvalue weighted by atomic mass is 10.2. The second-order valence-corrected chi connectivity index (χ2v) is 6.89. The van der Waals surface area contributed by atoms with Gasteiger partial charge in [0.1, 0.15) is 0 Å². The van der Waals surface area contributed by atoms with Crippen LogP contribution in [-0.2, 0) is 0 Å². The maximum atomic E-state index is 6.14. The van der Waals surface area contributed by atoms with E-state index in [2.05, 4.69) is 35.7 Å². The van der Waals surface area contributed by atoms with Crippen LogP contribution >= 0.6 is 23.8 Å². The van der Waals surface area contributed by atoms with E-state index in [0.717, 1.165) is 43.3 Å². The Morgan fingerprint density at radius 2 is 2.05 bits per heavy atom. The van der Waals surface area contributed by atoms with Crippen molar-refractivity contribution in [3.8, 4) is 0 Å². The quantitative estimate of drug-likeness (QED) is 0.544. The summed E-state index contributed by atoms with van der Waals surface area (Å²) >= 11 is 11.5. The summed E-state index contributed by atoms with van der Waals surface area (Å²) in [7, 11) is 4.32. The molecule has 122 valence electrons. The third kappa shape index (κ3) is 5.30. The third-order valence-electron chi connectivity index (χ3n) is 3.79. The Morgan fingerprint density at radius 1 is 1.32 bits per heavy atom. The van der Waals surface area contributed by atoms with Crippen molar-refractivity contribution in [1.82, 2.24) is 5.32 Å². The van der Waals surface area contributed by atoms with Crippen LogP contribution in [0.3, 0.4) is 0 Å². The molecule has 0 bridgehead atoms.